The number of nitrogens with one attached hydrogen (secondary N) is 1. The fourth-order valence-corrected chi connectivity index (χ4v) is 3.79. The third-order valence-electron chi connectivity index (χ3n) is 5.08. The number of nitro benzene ring substituents is 1. The van der Waals surface area contributed by atoms with E-state index in [4.69, 9.17) is 16.0 Å². The maximum atomic E-state index is 12.5. The summed E-state index contributed by atoms with van der Waals surface area (Å²) in [6.07, 6.45) is 1.31. The second-order valence-corrected chi connectivity index (χ2v) is 7.70. The van der Waals surface area contributed by atoms with Gasteiger partial charge in [0.15, 0.2) is 0 Å². The molecule has 2 heterocycles. The Morgan fingerprint density at radius 2 is 1.82 bits per heavy atom. The molecular formula is C24H19ClN4O4. The van der Waals surface area contributed by atoms with Crippen LogP contribution in [0.3, 0.4) is 0 Å². The summed E-state index contributed by atoms with van der Waals surface area (Å²) >= 11 is 6.35. The van der Waals surface area contributed by atoms with Gasteiger partial charge in [-0.3, -0.25) is 14.9 Å². The largest absolute Gasteiger partial charge is 0.455 e. The zero-order valence-corrected chi connectivity index (χ0v) is 18.5. The third-order valence-corrected chi connectivity index (χ3v) is 5.39. The van der Waals surface area contributed by atoms with E-state index in [-0.39, 0.29) is 11.3 Å². The molecule has 2 aromatic carbocycles. The number of furan rings is 1. The monoisotopic (exact) mass is 462 g/mol. The fourth-order valence-electron chi connectivity index (χ4n) is 3.53. The number of aryl methyl sites for hydroxylation is 2. The van der Waals surface area contributed by atoms with Crippen molar-refractivity contribution in [3.63, 3.8) is 0 Å². The van der Waals surface area contributed by atoms with Crippen LogP contribution in [-0.2, 0) is 0 Å². The van der Waals surface area contributed by atoms with E-state index in [0.717, 1.165) is 17.1 Å². The average Bonchev–Trinajstić information content (AvgIpc) is 3.39. The van der Waals surface area contributed by atoms with E-state index in [1.165, 1.54) is 12.3 Å². The summed E-state index contributed by atoms with van der Waals surface area (Å²) in [4.78, 5) is 23.2. The number of benzene rings is 2. The first-order chi connectivity index (χ1) is 15.8. The van der Waals surface area contributed by atoms with Gasteiger partial charge in [0.2, 0.25) is 0 Å². The van der Waals surface area contributed by atoms with Gasteiger partial charge in [0.25, 0.3) is 11.6 Å². The first kappa shape index (κ1) is 22.0. The number of hydrogen-bond donors (Lipinski definition) is 1. The zero-order valence-electron chi connectivity index (χ0n) is 17.8. The van der Waals surface area contributed by atoms with Crippen LogP contribution in [0.4, 0.5) is 5.69 Å². The second-order valence-electron chi connectivity index (χ2n) is 7.29. The summed E-state index contributed by atoms with van der Waals surface area (Å²) in [6.45, 7) is 3.98. The Hall–Kier alpha value is -4.17. The number of hydrazone groups is 1. The molecule has 0 bridgehead atoms. The van der Waals surface area contributed by atoms with Crippen molar-refractivity contribution in [1.82, 2.24) is 9.99 Å². The van der Waals surface area contributed by atoms with Gasteiger partial charge in [-0.1, -0.05) is 23.7 Å². The summed E-state index contributed by atoms with van der Waals surface area (Å²) in [5.41, 5.74) is 5.96. The number of carbonyl (C=O) groups is 1. The first-order valence-electron chi connectivity index (χ1n) is 9.97. The standard InChI is InChI=1S/C24H19ClN4O4/c1-15-7-8-16(2)28(15)17-9-11-19(21(25)13-17)24(30)27-26-14-18-10-12-23(33-18)20-5-3-4-6-22(20)29(31)32/h3-14H,1-2H3,(H,27,30)/b26-14-. The number of amides is 1. The van der Waals surface area contributed by atoms with Crippen molar-refractivity contribution in [2.24, 2.45) is 5.10 Å². The highest BCUT2D eigenvalue weighted by Gasteiger charge is 2.17. The van der Waals surface area contributed by atoms with Crippen LogP contribution in [-0.4, -0.2) is 21.6 Å². The summed E-state index contributed by atoms with van der Waals surface area (Å²) < 4.78 is 7.66. The van der Waals surface area contributed by atoms with Gasteiger partial charge in [-0.15, -0.1) is 0 Å². The van der Waals surface area contributed by atoms with Gasteiger partial charge >= 0.3 is 0 Å². The molecule has 1 amide bonds. The number of halogens is 1. The molecule has 0 aliphatic heterocycles. The molecule has 2 aromatic heterocycles. The van der Waals surface area contributed by atoms with Crippen molar-refractivity contribution in [3.05, 3.63) is 105 Å². The van der Waals surface area contributed by atoms with Crippen molar-refractivity contribution >= 4 is 29.4 Å². The fraction of sp³-hybridized carbons (Fsp3) is 0.0833. The minimum atomic E-state index is -0.478. The van der Waals surface area contributed by atoms with Crippen LogP contribution in [0.5, 0.6) is 0 Å². The highest BCUT2D eigenvalue weighted by Crippen LogP contribution is 2.30. The Kier molecular flexibility index (Phi) is 6.10. The molecule has 0 saturated carbocycles. The van der Waals surface area contributed by atoms with Crippen LogP contribution >= 0.6 is 11.6 Å². The van der Waals surface area contributed by atoms with Gasteiger partial charge in [0.05, 0.1) is 27.3 Å². The minimum absolute atomic E-state index is 0.0629. The molecule has 0 aliphatic rings. The summed E-state index contributed by atoms with van der Waals surface area (Å²) in [7, 11) is 0. The van der Waals surface area contributed by atoms with Gasteiger partial charge in [-0.05, 0) is 62.4 Å². The van der Waals surface area contributed by atoms with Crippen LogP contribution in [0.25, 0.3) is 17.0 Å². The Morgan fingerprint density at radius 3 is 2.52 bits per heavy atom. The van der Waals surface area contributed by atoms with Crippen molar-refractivity contribution < 1.29 is 14.1 Å². The molecule has 0 aliphatic carbocycles. The number of nitro groups is 1. The number of hydrogen-bond acceptors (Lipinski definition) is 5. The van der Waals surface area contributed by atoms with Gasteiger partial charge in [-0.25, -0.2) is 5.43 Å². The lowest BCUT2D eigenvalue weighted by Gasteiger charge is -2.11. The topological polar surface area (TPSA) is 103 Å². The van der Waals surface area contributed by atoms with E-state index in [1.807, 2.05) is 36.6 Å². The minimum Gasteiger partial charge on any atom is -0.455 e. The molecule has 1 N–H and O–H groups in total. The summed E-state index contributed by atoms with van der Waals surface area (Å²) in [5.74, 6) is 0.169. The number of carbonyl (C=O) groups excluding carboxylic acids is 1. The van der Waals surface area contributed by atoms with Crippen molar-refractivity contribution in [2.75, 3.05) is 0 Å². The van der Waals surface area contributed by atoms with Crippen LogP contribution in [0, 0.1) is 24.0 Å². The molecular weight excluding hydrogens is 444 g/mol. The average molecular weight is 463 g/mol. The Balaban J connectivity index is 1.47. The molecule has 166 valence electrons. The highest BCUT2D eigenvalue weighted by molar-refractivity contribution is 6.34. The van der Waals surface area contributed by atoms with E-state index < -0.39 is 10.8 Å². The molecule has 0 fully saturated rings. The molecule has 0 unspecified atom stereocenters. The van der Waals surface area contributed by atoms with Gasteiger partial charge in [0, 0.05) is 23.1 Å². The third kappa shape index (κ3) is 4.56. The molecule has 33 heavy (non-hydrogen) atoms. The molecule has 9 heteroatoms. The Bertz CT molecular complexity index is 1370. The number of para-hydroxylation sites is 1. The normalized spacial score (nSPS) is 11.1. The van der Waals surface area contributed by atoms with Crippen LogP contribution in [0.15, 0.2) is 76.2 Å². The smallest absolute Gasteiger partial charge is 0.280 e. The van der Waals surface area contributed by atoms with E-state index >= 15 is 0 Å². The van der Waals surface area contributed by atoms with Gasteiger partial charge < -0.3 is 8.98 Å². The predicted molar refractivity (Wildman–Crippen MR) is 126 cm³/mol. The van der Waals surface area contributed by atoms with E-state index in [9.17, 15) is 14.9 Å². The maximum Gasteiger partial charge on any atom is 0.280 e. The van der Waals surface area contributed by atoms with Crippen molar-refractivity contribution in [3.8, 4) is 17.0 Å². The Morgan fingerprint density at radius 1 is 1.09 bits per heavy atom. The molecule has 0 spiro atoms. The Labute approximate surface area is 194 Å². The molecule has 0 saturated heterocycles. The van der Waals surface area contributed by atoms with Crippen molar-refractivity contribution in [2.45, 2.75) is 13.8 Å². The van der Waals surface area contributed by atoms with Crippen molar-refractivity contribution in [1.29, 1.82) is 0 Å². The number of aromatic nitrogens is 1. The first-order valence-corrected chi connectivity index (χ1v) is 10.3. The van der Waals surface area contributed by atoms with Crippen LogP contribution < -0.4 is 5.43 Å². The lowest BCUT2D eigenvalue weighted by Crippen LogP contribution is -2.18. The molecule has 0 atom stereocenters. The molecule has 8 nitrogen and oxygen atoms in total. The predicted octanol–water partition coefficient (Wildman–Crippen LogP) is 5.68. The van der Waals surface area contributed by atoms with Crippen LogP contribution in [0.1, 0.15) is 27.5 Å². The quantitative estimate of drug-likeness (QED) is 0.226. The summed E-state index contributed by atoms with van der Waals surface area (Å²) in [6, 6.07) is 18.7. The SMILES string of the molecule is Cc1ccc(C)n1-c1ccc(C(=O)N/N=C\c2ccc(-c3ccccc3[N+](=O)[O-])o2)c(Cl)c1. The highest BCUT2D eigenvalue weighted by atomic mass is 35.5. The van der Waals surface area contributed by atoms with Gasteiger partial charge in [-0.2, -0.15) is 5.10 Å². The molecule has 0 radical (unpaired) electrons. The van der Waals surface area contributed by atoms with E-state index in [1.54, 1.807) is 42.5 Å². The number of nitrogens with zero attached hydrogens (tertiary/aromatic N) is 3. The van der Waals surface area contributed by atoms with Gasteiger partial charge in [0.1, 0.15) is 11.5 Å². The number of rotatable bonds is 6. The molecule has 4 rings (SSSR count). The maximum absolute atomic E-state index is 12.5. The zero-order chi connectivity index (χ0) is 23.5. The lowest BCUT2D eigenvalue weighted by atomic mass is 10.1. The van der Waals surface area contributed by atoms with Crippen LogP contribution in [0.2, 0.25) is 5.02 Å². The van der Waals surface area contributed by atoms with E-state index in [0.29, 0.717) is 22.1 Å². The molecule has 4 aromatic rings. The van der Waals surface area contributed by atoms with E-state index in [2.05, 4.69) is 10.5 Å². The second kappa shape index (κ2) is 9.13. The summed E-state index contributed by atoms with van der Waals surface area (Å²) in [5, 5.41) is 15.4. The lowest BCUT2D eigenvalue weighted by molar-refractivity contribution is -0.384.